The molecule has 3 amide bonds. The highest BCUT2D eigenvalue weighted by molar-refractivity contribution is 5.96. The number of nitrogens with one attached hydrogen (secondary N) is 1. The molecule has 1 N–H and O–H groups in total. The maximum atomic E-state index is 13.4. The Morgan fingerprint density at radius 3 is 2.96 bits per heavy atom. The molecule has 1 aromatic rings. The lowest BCUT2D eigenvalue weighted by Crippen LogP contribution is -2.51. The van der Waals surface area contributed by atoms with Crippen LogP contribution in [0.5, 0.6) is 0 Å². The van der Waals surface area contributed by atoms with Gasteiger partial charge in [-0.1, -0.05) is 13.0 Å². The van der Waals surface area contributed by atoms with E-state index < -0.39 is 0 Å². The van der Waals surface area contributed by atoms with E-state index in [9.17, 15) is 14.0 Å². The molecule has 5 nitrogen and oxygen atoms in total. The Morgan fingerprint density at radius 2 is 2.21 bits per heavy atom. The summed E-state index contributed by atoms with van der Waals surface area (Å²) in [5.41, 5.74) is 0.543. The minimum absolute atomic E-state index is 0.0829. The fraction of sp³-hybridized carbons (Fsp3) is 0.556. The second-order valence-electron chi connectivity index (χ2n) is 6.59. The van der Waals surface area contributed by atoms with Crippen molar-refractivity contribution in [3.8, 4) is 0 Å². The van der Waals surface area contributed by atoms with Crippen molar-refractivity contribution in [2.75, 3.05) is 18.0 Å². The van der Waals surface area contributed by atoms with Crippen molar-refractivity contribution in [1.82, 2.24) is 10.2 Å². The van der Waals surface area contributed by atoms with Gasteiger partial charge in [-0.15, -0.1) is 0 Å². The Kier molecular flexibility index (Phi) is 5.02. The SMILES string of the molecule is CC[C@@H]1CCCCN1C(=O)N[C@@H]1CC(=O)N(c2cccc(F)c2)C1. The molecule has 2 heterocycles. The topological polar surface area (TPSA) is 52.7 Å². The molecule has 3 rings (SSSR count). The second-order valence-corrected chi connectivity index (χ2v) is 6.59. The third-order valence-corrected chi connectivity index (χ3v) is 4.93. The molecule has 0 radical (unpaired) electrons. The van der Waals surface area contributed by atoms with E-state index >= 15 is 0 Å². The van der Waals surface area contributed by atoms with Gasteiger partial charge in [0.15, 0.2) is 0 Å². The Bertz CT molecular complexity index is 622. The van der Waals surface area contributed by atoms with Crippen LogP contribution in [0.1, 0.15) is 39.0 Å². The summed E-state index contributed by atoms with van der Waals surface area (Å²) in [6.45, 7) is 3.26. The first-order valence-electron chi connectivity index (χ1n) is 8.71. The lowest BCUT2D eigenvalue weighted by atomic mass is 10.0. The van der Waals surface area contributed by atoms with E-state index in [2.05, 4.69) is 12.2 Å². The van der Waals surface area contributed by atoms with Gasteiger partial charge in [0.05, 0.1) is 6.04 Å². The van der Waals surface area contributed by atoms with Crippen LogP contribution in [0.15, 0.2) is 24.3 Å². The number of halogens is 1. The van der Waals surface area contributed by atoms with Crippen LogP contribution in [-0.4, -0.2) is 42.0 Å². The summed E-state index contributed by atoms with van der Waals surface area (Å²) in [4.78, 5) is 28.2. The lowest BCUT2D eigenvalue weighted by Gasteiger charge is -2.35. The number of benzene rings is 1. The summed E-state index contributed by atoms with van der Waals surface area (Å²) >= 11 is 0. The van der Waals surface area contributed by atoms with Gasteiger partial charge in [-0.2, -0.15) is 0 Å². The molecule has 0 aromatic heterocycles. The Labute approximate surface area is 141 Å². The molecule has 24 heavy (non-hydrogen) atoms. The predicted molar refractivity (Wildman–Crippen MR) is 90.3 cm³/mol. The molecule has 2 aliphatic heterocycles. The smallest absolute Gasteiger partial charge is 0.317 e. The number of carbonyl (C=O) groups excluding carboxylic acids is 2. The monoisotopic (exact) mass is 333 g/mol. The molecule has 2 fully saturated rings. The molecule has 2 saturated heterocycles. The molecule has 2 aliphatic rings. The first-order chi connectivity index (χ1) is 11.6. The number of nitrogens with zero attached hydrogens (tertiary/aromatic N) is 2. The largest absolute Gasteiger partial charge is 0.333 e. The number of hydrogen-bond donors (Lipinski definition) is 1. The van der Waals surface area contributed by atoms with E-state index in [1.54, 1.807) is 17.0 Å². The summed E-state index contributed by atoms with van der Waals surface area (Å²) in [6.07, 6.45) is 4.45. The normalized spacial score (nSPS) is 24.3. The van der Waals surface area contributed by atoms with Crippen LogP contribution in [0.25, 0.3) is 0 Å². The molecule has 0 saturated carbocycles. The van der Waals surface area contributed by atoms with Crippen LogP contribution in [0.3, 0.4) is 0 Å². The van der Waals surface area contributed by atoms with E-state index in [0.29, 0.717) is 12.2 Å². The molecule has 0 aliphatic carbocycles. The van der Waals surface area contributed by atoms with E-state index in [1.165, 1.54) is 12.1 Å². The van der Waals surface area contributed by atoms with E-state index in [1.807, 2.05) is 4.90 Å². The average molecular weight is 333 g/mol. The van der Waals surface area contributed by atoms with Crippen molar-refractivity contribution in [2.45, 2.75) is 51.1 Å². The van der Waals surface area contributed by atoms with E-state index in [4.69, 9.17) is 0 Å². The number of likely N-dealkylation sites (tertiary alicyclic amines) is 1. The average Bonchev–Trinajstić information content (AvgIpc) is 2.95. The zero-order valence-electron chi connectivity index (χ0n) is 14.0. The number of amides is 3. The number of anilines is 1. The standard InChI is InChI=1S/C18H24FN3O2/c1-2-15-7-3-4-9-21(15)18(24)20-14-11-17(23)22(12-14)16-8-5-6-13(19)10-16/h5-6,8,10,14-15H,2-4,7,9,11-12H2,1H3,(H,20,24)/t14-,15-/m1/s1. The number of piperidine rings is 1. The van der Waals surface area contributed by atoms with Crippen molar-refractivity contribution >= 4 is 17.6 Å². The number of carbonyl (C=O) groups is 2. The van der Waals surface area contributed by atoms with Gasteiger partial charge in [0.1, 0.15) is 5.82 Å². The van der Waals surface area contributed by atoms with Gasteiger partial charge in [0.25, 0.3) is 0 Å². The highest BCUT2D eigenvalue weighted by Gasteiger charge is 2.34. The van der Waals surface area contributed by atoms with Crippen molar-refractivity contribution in [2.24, 2.45) is 0 Å². The predicted octanol–water partition coefficient (Wildman–Crippen LogP) is 2.91. The third kappa shape index (κ3) is 3.52. The molecular formula is C18H24FN3O2. The Morgan fingerprint density at radius 1 is 1.38 bits per heavy atom. The quantitative estimate of drug-likeness (QED) is 0.925. The molecule has 0 unspecified atom stereocenters. The van der Waals surface area contributed by atoms with Gasteiger partial charge in [0.2, 0.25) is 5.91 Å². The van der Waals surface area contributed by atoms with Crippen LogP contribution in [0.2, 0.25) is 0 Å². The zero-order valence-corrected chi connectivity index (χ0v) is 14.0. The van der Waals surface area contributed by atoms with Gasteiger partial charge >= 0.3 is 6.03 Å². The number of hydrogen-bond acceptors (Lipinski definition) is 2. The van der Waals surface area contributed by atoms with Gasteiger partial charge in [-0.25, -0.2) is 9.18 Å². The third-order valence-electron chi connectivity index (χ3n) is 4.93. The first-order valence-corrected chi connectivity index (χ1v) is 8.71. The highest BCUT2D eigenvalue weighted by atomic mass is 19.1. The zero-order chi connectivity index (χ0) is 17.1. The van der Waals surface area contributed by atoms with Gasteiger partial charge in [-0.3, -0.25) is 4.79 Å². The first kappa shape index (κ1) is 16.7. The maximum Gasteiger partial charge on any atom is 0.317 e. The number of urea groups is 1. The van der Waals surface area contributed by atoms with Crippen LogP contribution >= 0.6 is 0 Å². The van der Waals surface area contributed by atoms with Crippen molar-refractivity contribution < 1.29 is 14.0 Å². The summed E-state index contributed by atoms with van der Waals surface area (Å²) in [7, 11) is 0. The van der Waals surface area contributed by atoms with Gasteiger partial charge in [0, 0.05) is 31.2 Å². The minimum atomic E-state index is -0.369. The van der Waals surface area contributed by atoms with Crippen molar-refractivity contribution in [1.29, 1.82) is 0 Å². The molecule has 1 aromatic carbocycles. The van der Waals surface area contributed by atoms with E-state index in [-0.39, 0.29) is 36.3 Å². The van der Waals surface area contributed by atoms with Gasteiger partial charge < -0.3 is 15.1 Å². The summed E-state index contributed by atoms with van der Waals surface area (Å²) in [6, 6.07) is 5.97. The molecule has 0 spiro atoms. The molecule has 2 atom stereocenters. The number of rotatable bonds is 3. The van der Waals surface area contributed by atoms with Crippen LogP contribution in [-0.2, 0) is 4.79 Å². The van der Waals surface area contributed by atoms with Gasteiger partial charge in [-0.05, 0) is 43.9 Å². The second kappa shape index (κ2) is 7.20. The van der Waals surface area contributed by atoms with Crippen LogP contribution in [0.4, 0.5) is 14.9 Å². The summed E-state index contributed by atoms with van der Waals surface area (Å²) in [5.74, 6) is -0.455. The molecule has 0 bridgehead atoms. The summed E-state index contributed by atoms with van der Waals surface area (Å²) in [5, 5.41) is 2.99. The Hall–Kier alpha value is -2.11. The Balaban J connectivity index is 1.62. The summed E-state index contributed by atoms with van der Waals surface area (Å²) < 4.78 is 13.4. The van der Waals surface area contributed by atoms with Crippen molar-refractivity contribution in [3.05, 3.63) is 30.1 Å². The fourth-order valence-corrected chi connectivity index (χ4v) is 3.65. The van der Waals surface area contributed by atoms with E-state index in [0.717, 1.165) is 32.2 Å². The highest BCUT2D eigenvalue weighted by Crippen LogP contribution is 2.23. The molecule has 130 valence electrons. The lowest BCUT2D eigenvalue weighted by molar-refractivity contribution is -0.117. The minimum Gasteiger partial charge on any atom is -0.333 e. The fourth-order valence-electron chi connectivity index (χ4n) is 3.65. The molecular weight excluding hydrogens is 309 g/mol. The maximum absolute atomic E-state index is 13.4. The van der Waals surface area contributed by atoms with Crippen LogP contribution < -0.4 is 10.2 Å². The van der Waals surface area contributed by atoms with Crippen LogP contribution in [0, 0.1) is 5.82 Å². The van der Waals surface area contributed by atoms with Crippen molar-refractivity contribution in [3.63, 3.8) is 0 Å². The molecule has 6 heteroatoms.